The molecule has 0 spiro atoms. The SMILES string of the molecule is C[C@H]1CN(c2nc3c(c(=O)[nH]2)CCN(Cc2cc4c(cc2Cl)OCO4)C3)C[C@H](C)O1. The molecule has 3 aliphatic rings. The van der Waals surface area contributed by atoms with Crippen molar-refractivity contribution in [2.75, 3.05) is 31.3 Å². The largest absolute Gasteiger partial charge is 0.454 e. The molecule has 0 amide bonds. The van der Waals surface area contributed by atoms with Crippen LogP contribution in [0.2, 0.25) is 5.02 Å². The molecule has 0 unspecified atom stereocenters. The van der Waals surface area contributed by atoms with Crippen LogP contribution in [0.4, 0.5) is 5.95 Å². The number of rotatable bonds is 3. The molecule has 0 radical (unpaired) electrons. The van der Waals surface area contributed by atoms with E-state index in [0.717, 1.165) is 29.1 Å². The molecule has 4 heterocycles. The normalized spacial score (nSPS) is 23.5. The minimum atomic E-state index is -0.0393. The zero-order valence-corrected chi connectivity index (χ0v) is 17.9. The number of hydrogen-bond donors (Lipinski definition) is 1. The minimum absolute atomic E-state index is 0.0393. The molecule has 2 aromatic rings. The fourth-order valence-corrected chi connectivity index (χ4v) is 4.65. The second-order valence-corrected chi connectivity index (χ2v) is 8.64. The van der Waals surface area contributed by atoms with Crippen LogP contribution in [-0.2, 0) is 24.2 Å². The Morgan fingerprint density at radius 1 is 1.20 bits per heavy atom. The highest BCUT2D eigenvalue weighted by atomic mass is 35.5. The lowest BCUT2D eigenvalue weighted by Crippen LogP contribution is -2.47. The third-order valence-corrected chi connectivity index (χ3v) is 6.15. The first-order valence-electron chi connectivity index (χ1n) is 10.3. The number of morpholine rings is 1. The van der Waals surface area contributed by atoms with Gasteiger partial charge in [-0.1, -0.05) is 11.6 Å². The average Bonchev–Trinajstić information content (AvgIpc) is 3.14. The van der Waals surface area contributed by atoms with Crippen molar-refractivity contribution < 1.29 is 14.2 Å². The number of aromatic nitrogens is 2. The summed E-state index contributed by atoms with van der Waals surface area (Å²) in [7, 11) is 0. The van der Waals surface area contributed by atoms with E-state index in [1.165, 1.54) is 0 Å². The third-order valence-electron chi connectivity index (χ3n) is 5.79. The van der Waals surface area contributed by atoms with Gasteiger partial charge < -0.3 is 19.1 Å². The van der Waals surface area contributed by atoms with Crippen LogP contribution in [-0.4, -0.2) is 53.5 Å². The summed E-state index contributed by atoms with van der Waals surface area (Å²) < 4.78 is 16.7. The predicted molar refractivity (Wildman–Crippen MR) is 112 cm³/mol. The first-order valence-corrected chi connectivity index (χ1v) is 10.7. The Balaban J connectivity index is 1.37. The lowest BCUT2D eigenvalue weighted by Gasteiger charge is -2.36. The molecule has 0 bridgehead atoms. The lowest BCUT2D eigenvalue weighted by atomic mass is 10.1. The highest BCUT2D eigenvalue weighted by Crippen LogP contribution is 2.37. The van der Waals surface area contributed by atoms with Crippen molar-refractivity contribution in [3.63, 3.8) is 0 Å². The van der Waals surface area contributed by atoms with Gasteiger partial charge in [0.1, 0.15) is 0 Å². The van der Waals surface area contributed by atoms with E-state index in [1.54, 1.807) is 6.07 Å². The molecule has 8 nitrogen and oxygen atoms in total. The van der Waals surface area contributed by atoms with Crippen molar-refractivity contribution in [1.82, 2.24) is 14.9 Å². The number of hydrogen-bond acceptors (Lipinski definition) is 7. The maximum Gasteiger partial charge on any atom is 0.255 e. The van der Waals surface area contributed by atoms with Gasteiger partial charge in [0.25, 0.3) is 5.56 Å². The van der Waals surface area contributed by atoms with Gasteiger partial charge in [0.15, 0.2) is 11.5 Å². The quantitative estimate of drug-likeness (QED) is 0.797. The van der Waals surface area contributed by atoms with Crippen molar-refractivity contribution in [2.45, 2.75) is 45.6 Å². The number of ether oxygens (including phenoxy) is 3. The Kier molecular flexibility index (Phi) is 5.08. The summed E-state index contributed by atoms with van der Waals surface area (Å²) in [5.41, 5.74) is 2.55. The molecule has 1 fully saturated rings. The molecule has 160 valence electrons. The van der Waals surface area contributed by atoms with E-state index in [9.17, 15) is 4.79 Å². The number of H-pyrrole nitrogens is 1. The molecule has 1 saturated heterocycles. The molecule has 3 aliphatic heterocycles. The number of aromatic amines is 1. The molecular formula is C21H25ClN4O4. The molecule has 2 atom stereocenters. The van der Waals surface area contributed by atoms with Crippen LogP contribution in [0.15, 0.2) is 16.9 Å². The van der Waals surface area contributed by atoms with Crippen LogP contribution in [0.3, 0.4) is 0 Å². The second-order valence-electron chi connectivity index (χ2n) is 8.23. The Hall–Kier alpha value is -2.29. The van der Waals surface area contributed by atoms with Crippen LogP contribution >= 0.6 is 11.6 Å². The van der Waals surface area contributed by atoms with Gasteiger partial charge in [0.05, 0.1) is 17.9 Å². The number of benzene rings is 1. The molecule has 0 saturated carbocycles. The van der Waals surface area contributed by atoms with Gasteiger partial charge in [-0.15, -0.1) is 0 Å². The second kappa shape index (κ2) is 7.76. The molecule has 5 rings (SSSR count). The average molecular weight is 433 g/mol. The molecule has 30 heavy (non-hydrogen) atoms. The smallest absolute Gasteiger partial charge is 0.255 e. The molecule has 1 aromatic carbocycles. The number of fused-ring (bicyclic) bond motifs is 2. The summed E-state index contributed by atoms with van der Waals surface area (Å²) in [4.78, 5) is 24.9. The standard InChI is InChI=1S/C21H25ClN4O4/c1-12-7-26(8-13(2)30-12)21-23-17-10-25(4-3-15(17)20(27)24-21)9-14-5-18-19(6-16(14)22)29-11-28-18/h5-6,12-13H,3-4,7-11H2,1-2H3,(H,23,24,27)/t12-,13-/m0/s1. The van der Waals surface area contributed by atoms with E-state index >= 15 is 0 Å². The van der Waals surface area contributed by atoms with Crippen molar-refractivity contribution in [3.05, 3.63) is 44.3 Å². The van der Waals surface area contributed by atoms with E-state index in [0.29, 0.717) is 49.3 Å². The molecule has 0 aliphatic carbocycles. The van der Waals surface area contributed by atoms with Gasteiger partial charge in [-0.2, -0.15) is 0 Å². The van der Waals surface area contributed by atoms with Gasteiger partial charge in [0, 0.05) is 49.4 Å². The number of nitrogens with one attached hydrogen (secondary N) is 1. The number of anilines is 1. The van der Waals surface area contributed by atoms with Gasteiger partial charge in [-0.25, -0.2) is 4.98 Å². The highest BCUT2D eigenvalue weighted by molar-refractivity contribution is 6.31. The van der Waals surface area contributed by atoms with Crippen molar-refractivity contribution in [1.29, 1.82) is 0 Å². The van der Waals surface area contributed by atoms with Crippen LogP contribution in [0, 0.1) is 0 Å². The Morgan fingerprint density at radius 3 is 2.70 bits per heavy atom. The summed E-state index contributed by atoms with van der Waals surface area (Å²) in [6, 6.07) is 3.74. The summed E-state index contributed by atoms with van der Waals surface area (Å²) in [6.07, 6.45) is 0.857. The van der Waals surface area contributed by atoms with E-state index in [2.05, 4.69) is 14.8 Å². The number of nitrogens with zero attached hydrogens (tertiary/aromatic N) is 3. The van der Waals surface area contributed by atoms with Gasteiger partial charge in [0.2, 0.25) is 12.7 Å². The monoisotopic (exact) mass is 432 g/mol. The zero-order valence-electron chi connectivity index (χ0n) is 17.1. The van der Waals surface area contributed by atoms with E-state index in [4.69, 9.17) is 30.8 Å². The van der Waals surface area contributed by atoms with Crippen molar-refractivity contribution >= 4 is 17.5 Å². The van der Waals surface area contributed by atoms with Gasteiger partial charge in [-0.3, -0.25) is 14.7 Å². The first-order chi connectivity index (χ1) is 14.5. The molecule has 1 aromatic heterocycles. The Morgan fingerprint density at radius 2 is 1.93 bits per heavy atom. The summed E-state index contributed by atoms with van der Waals surface area (Å²) in [6.45, 7) is 7.75. The fourth-order valence-electron chi connectivity index (χ4n) is 4.44. The molecular weight excluding hydrogens is 408 g/mol. The topological polar surface area (TPSA) is 79.9 Å². The van der Waals surface area contributed by atoms with Gasteiger partial charge in [-0.05, 0) is 31.9 Å². The molecule has 1 N–H and O–H groups in total. The van der Waals surface area contributed by atoms with Crippen LogP contribution < -0.4 is 19.9 Å². The predicted octanol–water partition coefficient (Wildman–Crippen LogP) is 2.32. The van der Waals surface area contributed by atoms with Crippen LogP contribution in [0.5, 0.6) is 11.5 Å². The Labute approximate surface area is 179 Å². The summed E-state index contributed by atoms with van der Waals surface area (Å²) in [5.74, 6) is 2.03. The molecule has 9 heteroatoms. The number of halogens is 1. The minimum Gasteiger partial charge on any atom is -0.454 e. The summed E-state index contributed by atoms with van der Waals surface area (Å²) in [5, 5.41) is 0.654. The summed E-state index contributed by atoms with van der Waals surface area (Å²) >= 11 is 6.46. The third kappa shape index (κ3) is 3.75. The lowest BCUT2D eigenvalue weighted by molar-refractivity contribution is -0.00576. The van der Waals surface area contributed by atoms with E-state index in [1.807, 2.05) is 19.9 Å². The van der Waals surface area contributed by atoms with E-state index < -0.39 is 0 Å². The highest BCUT2D eigenvalue weighted by Gasteiger charge is 2.27. The van der Waals surface area contributed by atoms with Crippen molar-refractivity contribution in [2.24, 2.45) is 0 Å². The fraction of sp³-hybridized carbons (Fsp3) is 0.524. The van der Waals surface area contributed by atoms with Crippen LogP contribution in [0.25, 0.3) is 0 Å². The van der Waals surface area contributed by atoms with Gasteiger partial charge >= 0.3 is 0 Å². The maximum absolute atomic E-state index is 12.7. The van der Waals surface area contributed by atoms with Crippen LogP contribution in [0.1, 0.15) is 30.7 Å². The Bertz CT molecular complexity index is 1020. The first kappa shape index (κ1) is 19.7. The zero-order chi connectivity index (χ0) is 20.8. The van der Waals surface area contributed by atoms with Crippen molar-refractivity contribution in [3.8, 4) is 11.5 Å². The van der Waals surface area contributed by atoms with E-state index in [-0.39, 0.29) is 24.6 Å². The maximum atomic E-state index is 12.7.